The highest BCUT2D eigenvalue weighted by Crippen LogP contribution is 2.36. The molecule has 22 heavy (non-hydrogen) atoms. The predicted octanol–water partition coefficient (Wildman–Crippen LogP) is 3.35. The lowest BCUT2D eigenvalue weighted by Crippen LogP contribution is -2.38. The van der Waals surface area contributed by atoms with Gasteiger partial charge in [-0.2, -0.15) is 0 Å². The predicted molar refractivity (Wildman–Crippen MR) is 89.5 cm³/mol. The van der Waals surface area contributed by atoms with E-state index in [1.807, 2.05) is 6.07 Å². The van der Waals surface area contributed by atoms with Crippen molar-refractivity contribution in [3.8, 4) is 11.5 Å². The van der Waals surface area contributed by atoms with Gasteiger partial charge in [0.15, 0.2) is 11.5 Å². The van der Waals surface area contributed by atoms with Crippen LogP contribution in [0.3, 0.4) is 0 Å². The Morgan fingerprint density at radius 1 is 1.09 bits per heavy atom. The Kier molecular flexibility index (Phi) is 5.61. The Morgan fingerprint density at radius 3 is 2.45 bits per heavy atom. The van der Waals surface area contributed by atoms with Crippen molar-refractivity contribution in [2.45, 2.75) is 44.7 Å². The lowest BCUT2D eigenvalue weighted by Gasteiger charge is -2.34. The Labute approximate surface area is 140 Å². The Balaban J connectivity index is 1.76. The fraction of sp³-hybridized carbons (Fsp3) is 0.647. The van der Waals surface area contributed by atoms with Crippen LogP contribution in [0.4, 0.5) is 0 Å². The minimum absolute atomic E-state index is 0.207. The molecule has 0 bridgehead atoms. The maximum atomic E-state index is 9.41. The van der Waals surface area contributed by atoms with Crippen LogP contribution in [0.15, 0.2) is 16.6 Å². The molecule has 1 aliphatic carbocycles. The summed E-state index contributed by atoms with van der Waals surface area (Å²) in [5, 5.41) is 9.41. The van der Waals surface area contributed by atoms with Gasteiger partial charge in [-0.15, -0.1) is 0 Å². The van der Waals surface area contributed by atoms with Crippen molar-refractivity contribution in [2.24, 2.45) is 0 Å². The van der Waals surface area contributed by atoms with Crippen LogP contribution in [0.1, 0.15) is 37.7 Å². The molecule has 5 heteroatoms. The lowest BCUT2D eigenvalue weighted by molar-refractivity contribution is 0.116. The number of halogens is 1. The maximum Gasteiger partial charge on any atom is 0.162 e. The molecule has 1 heterocycles. The second kappa shape index (κ2) is 7.66. The molecule has 1 N–H and O–H groups in total. The van der Waals surface area contributed by atoms with E-state index in [4.69, 9.17) is 9.47 Å². The molecule has 122 valence electrons. The highest BCUT2D eigenvalue weighted by molar-refractivity contribution is 9.10. The second-order valence-electron chi connectivity index (χ2n) is 6.07. The molecule has 1 fully saturated rings. The summed E-state index contributed by atoms with van der Waals surface area (Å²) in [4.78, 5) is 2.41. The van der Waals surface area contributed by atoms with Gasteiger partial charge in [0.05, 0.1) is 6.61 Å². The lowest BCUT2D eigenvalue weighted by atomic mass is 9.94. The SMILES string of the molecule is OCCN(Cc1cc2c(cc1Br)OCCO2)C1CCCCC1. The zero-order valence-corrected chi connectivity index (χ0v) is 14.5. The van der Waals surface area contributed by atoms with Crippen LogP contribution in [0, 0.1) is 0 Å². The maximum absolute atomic E-state index is 9.41. The number of aliphatic hydroxyl groups is 1. The molecule has 0 aromatic heterocycles. The van der Waals surface area contributed by atoms with Crippen LogP contribution in [0.2, 0.25) is 0 Å². The summed E-state index contributed by atoms with van der Waals surface area (Å²) in [6, 6.07) is 4.66. The van der Waals surface area contributed by atoms with Crippen molar-refractivity contribution in [1.29, 1.82) is 0 Å². The van der Waals surface area contributed by atoms with Gasteiger partial charge in [0, 0.05) is 23.6 Å². The van der Waals surface area contributed by atoms with E-state index in [0.717, 1.165) is 29.1 Å². The first-order chi connectivity index (χ1) is 10.8. The van der Waals surface area contributed by atoms with E-state index in [2.05, 4.69) is 26.9 Å². The highest BCUT2D eigenvalue weighted by atomic mass is 79.9. The van der Waals surface area contributed by atoms with Crippen molar-refractivity contribution in [3.63, 3.8) is 0 Å². The third kappa shape index (κ3) is 3.76. The van der Waals surface area contributed by atoms with Gasteiger partial charge in [0.1, 0.15) is 13.2 Å². The average molecular weight is 370 g/mol. The molecule has 0 radical (unpaired) electrons. The van der Waals surface area contributed by atoms with E-state index in [1.165, 1.54) is 37.7 Å². The van der Waals surface area contributed by atoms with Crippen molar-refractivity contribution in [1.82, 2.24) is 4.90 Å². The van der Waals surface area contributed by atoms with Gasteiger partial charge in [-0.05, 0) is 30.5 Å². The molecule has 0 saturated heterocycles. The number of rotatable bonds is 5. The van der Waals surface area contributed by atoms with Crippen LogP contribution in [-0.2, 0) is 6.54 Å². The average Bonchev–Trinajstić information content (AvgIpc) is 2.56. The summed E-state index contributed by atoms with van der Waals surface area (Å²) in [6.45, 7) is 2.99. The van der Waals surface area contributed by atoms with Crippen molar-refractivity contribution < 1.29 is 14.6 Å². The van der Waals surface area contributed by atoms with Crippen LogP contribution < -0.4 is 9.47 Å². The fourth-order valence-electron chi connectivity index (χ4n) is 3.41. The fourth-order valence-corrected chi connectivity index (χ4v) is 3.86. The highest BCUT2D eigenvalue weighted by Gasteiger charge is 2.23. The van der Waals surface area contributed by atoms with Crippen LogP contribution in [-0.4, -0.2) is 42.4 Å². The number of aliphatic hydroxyl groups excluding tert-OH is 1. The minimum Gasteiger partial charge on any atom is -0.486 e. The van der Waals surface area contributed by atoms with E-state index in [-0.39, 0.29) is 6.61 Å². The molecule has 4 nitrogen and oxygen atoms in total. The van der Waals surface area contributed by atoms with Gasteiger partial charge in [-0.25, -0.2) is 0 Å². The summed E-state index contributed by atoms with van der Waals surface area (Å²) < 4.78 is 12.4. The smallest absolute Gasteiger partial charge is 0.162 e. The first-order valence-electron chi connectivity index (χ1n) is 8.21. The minimum atomic E-state index is 0.207. The molecule has 2 aliphatic rings. The molecule has 1 saturated carbocycles. The van der Waals surface area contributed by atoms with Gasteiger partial charge < -0.3 is 14.6 Å². The summed E-state index contributed by atoms with van der Waals surface area (Å²) in [5.41, 5.74) is 1.20. The number of hydrogen-bond donors (Lipinski definition) is 1. The molecule has 1 aromatic carbocycles. The van der Waals surface area contributed by atoms with E-state index in [1.54, 1.807) is 0 Å². The van der Waals surface area contributed by atoms with Gasteiger partial charge in [0.25, 0.3) is 0 Å². The monoisotopic (exact) mass is 369 g/mol. The normalized spacial score (nSPS) is 18.7. The van der Waals surface area contributed by atoms with Crippen LogP contribution in [0.25, 0.3) is 0 Å². The Hall–Kier alpha value is -0.780. The largest absolute Gasteiger partial charge is 0.486 e. The van der Waals surface area contributed by atoms with Crippen molar-refractivity contribution >= 4 is 15.9 Å². The van der Waals surface area contributed by atoms with Gasteiger partial charge in [-0.3, -0.25) is 4.90 Å². The first-order valence-corrected chi connectivity index (χ1v) is 9.00. The Bertz CT molecular complexity index is 503. The second-order valence-corrected chi connectivity index (χ2v) is 6.93. The van der Waals surface area contributed by atoms with Gasteiger partial charge in [0.2, 0.25) is 0 Å². The van der Waals surface area contributed by atoms with Crippen molar-refractivity contribution in [2.75, 3.05) is 26.4 Å². The molecule has 1 aromatic rings. The third-order valence-corrected chi connectivity index (χ3v) is 5.30. The van der Waals surface area contributed by atoms with Gasteiger partial charge in [-0.1, -0.05) is 35.2 Å². The molecule has 0 amide bonds. The first kappa shape index (κ1) is 16.1. The van der Waals surface area contributed by atoms with E-state index < -0.39 is 0 Å². The topological polar surface area (TPSA) is 41.9 Å². The van der Waals surface area contributed by atoms with Crippen molar-refractivity contribution in [3.05, 3.63) is 22.2 Å². The molecule has 0 spiro atoms. The molecular formula is C17H24BrNO3. The van der Waals surface area contributed by atoms with Crippen LogP contribution in [0.5, 0.6) is 11.5 Å². The third-order valence-electron chi connectivity index (χ3n) is 4.56. The van der Waals surface area contributed by atoms with Gasteiger partial charge >= 0.3 is 0 Å². The number of hydrogen-bond acceptors (Lipinski definition) is 4. The molecule has 0 unspecified atom stereocenters. The number of ether oxygens (including phenoxy) is 2. The number of fused-ring (bicyclic) bond motifs is 1. The zero-order valence-electron chi connectivity index (χ0n) is 12.9. The zero-order chi connectivity index (χ0) is 15.4. The molecule has 1 aliphatic heterocycles. The van der Waals surface area contributed by atoms with E-state index in [9.17, 15) is 5.11 Å². The molecule has 3 rings (SSSR count). The molecule has 0 atom stereocenters. The van der Waals surface area contributed by atoms with Crippen LogP contribution >= 0.6 is 15.9 Å². The summed E-state index contributed by atoms with van der Waals surface area (Å²) in [6.07, 6.45) is 6.42. The quantitative estimate of drug-likeness (QED) is 0.863. The van der Waals surface area contributed by atoms with E-state index >= 15 is 0 Å². The summed E-state index contributed by atoms with van der Waals surface area (Å²) in [5.74, 6) is 1.64. The number of benzene rings is 1. The standard InChI is InChI=1S/C17H24BrNO3/c18-15-11-17-16(21-8-9-22-17)10-13(15)12-19(6-7-20)14-4-2-1-3-5-14/h10-11,14,20H,1-9,12H2. The Morgan fingerprint density at radius 2 is 1.77 bits per heavy atom. The van der Waals surface area contributed by atoms with E-state index in [0.29, 0.717) is 19.3 Å². The summed E-state index contributed by atoms with van der Waals surface area (Å²) in [7, 11) is 0. The summed E-state index contributed by atoms with van der Waals surface area (Å²) >= 11 is 3.65. The molecular weight excluding hydrogens is 346 g/mol. The number of nitrogens with zero attached hydrogens (tertiary/aromatic N) is 1.